The first-order valence-electron chi connectivity index (χ1n) is 7.90. The molecule has 5 unspecified atom stereocenters. The number of halogens is 1. The Morgan fingerprint density at radius 1 is 1.22 bits per heavy atom. The van der Waals surface area contributed by atoms with E-state index in [1.807, 2.05) is 0 Å². The maximum absolute atomic E-state index is 6.47. The number of alkyl halides is 1. The Hall–Kier alpha value is 0.690. The lowest BCUT2D eigenvalue weighted by molar-refractivity contribution is 0.147. The Balaban J connectivity index is 2.50. The fourth-order valence-electron chi connectivity index (χ4n) is 3.59. The van der Waals surface area contributed by atoms with Crippen LogP contribution in [0.5, 0.6) is 0 Å². The van der Waals surface area contributed by atoms with Gasteiger partial charge in [0.2, 0.25) is 0 Å². The second-order valence-corrected chi connectivity index (χ2v) is 7.89. The Kier molecular flexibility index (Phi) is 7.52. The summed E-state index contributed by atoms with van der Waals surface area (Å²) in [6, 6.07) is 0.392. The average molecular weight is 365 g/mol. The van der Waals surface area contributed by atoms with Crippen LogP contribution in [-0.2, 0) is 0 Å². The van der Waals surface area contributed by atoms with Crippen molar-refractivity contribution in [3.8, 4) is 0 Å². The maximum atomic E-state index is 6.47. The molecule has 18 heavy (non-hydrogen) atoms. The SMILES string of the molecule is CCC(C)C(I)[C@H](N)CC1CCCC(CC)C1C. The second-order valence-electron chi connectivity index (χ2n) is 6.45. The molecule has 2 heteroatoms. The summed E-state index contributed by atoms with van der Waals surface area (Å²) in [4.78, 5) is 0. The lowest BCUT2D eigenvalue weighted by atomic mass is 9.69. The molecule has 1 aliphatic rings. The molecule has 6 atom stereocenters. The summed E-state index contributed by atoms with van der Waals surface area (Å²) in [5.41, 5.74) is 6.47. The molecule has 0 aromatic rings. The molecule has 1 rings (SSSR count). The molecule has 1 fully saturated rings. The van der Waals surface area contributed by atoms with Crippen LogP contribution >= 0.6 is 22.6 Å². The van der Waals surface area contributed by atoms with E-state index in [0.717, 1.165) is 23.7 Å². The molecular formula is C16H32IN. The van der Waals surface area contributed by atoms with Gasteiger partial charge < -0.3 is 5.73 Å². The van der Waals surface area contributed by atoms with E-state index >= 15 is 0 Å². The van der Waals surface area contributed by atoms with E-state index in [0.29, 0.717) is 9.97 Å². The van der Waals surface area contributed by atoms with E-state index < -0.39 is 0 Å². The second kappa shape index (κ2) is 8.08. The lowest BCUT2D eigenvalue weighted by Gasteiger charge is -2.38. The van der Waals surface area contributed by atoms with Gasteiger partial charge in [-0.05, 0) is 30.1 Å². The van der Waals surface area contributed by atoms with Crippen LogP contribution in [-0.4, -0.2) is 9.97 Å². The topological polar surface area (TPSA) is 26.0 Å². The summed E-state index contributed by atoms with van der Waals surface area (Å²) in [5.74, 6) is 3.46. The van der Waals surface area contributed by atoms with Gasteiger partial charge in [-0.3, -0.25) is 0 Å². The number of nitrogens with two attached hydrogens (primary N) is 1. The van der Waals surface area contributed by atoms with Gasteiger partial charge in [0.15, 0.2) is 0 Å². The van der Waals surface area contributed by atoms with Gasteiger partial charge in [0.05, 0.1) is 0 Å². The molecule has 1 nitrogen and oxygen atoms in total. The Morgan fingerprint density at radius 3 is 2.39 bits per heavy atom. The molecule has 0 aromatic heterocycles. The highest BCUT2D eigenvalue weighted by Gasteiger charge is 2.31. The quantitative estimate of drug-likeness (QED) is 0.519. The van der Waals surface area contributed by atoms with Crippen LogP contribution in [0.1, 0.15) is 66.2 Å². The van der Waals surface area contributed by atoms with Gasteiger partial charge in [-0.2, -0.15) is 0 Å². The van der Waals surface area contributed by atoms with Gasteiger partial charge in [0.25, 0.3) is 0 Å². The van der Waals surface area contributed by atoms with Crippen molar-refractivity contribution in [1.82, 2.24) is 0 Å². The predicted octanol–water partition coefficient (Wildman–Crippen LogP) is 5.02. The number of hydrogen-bond donors (Lipinski definition) is 1. The minimum Gasteiger partial charge on any atom is -0.327 e. The largest absolute Gasteiger partial charge is 0.327 e. The van der Waals surface area contributed by atoms with Crippen LogP contribution < -0.4 is 5.73 Å². The minimum atomic E-state index is 0.392. The van der Waals surface area contributed by atoms with E-state index in [1.165, 1.54) is 38.5 Å². The molecule has 0 radical (unpaired) electrons. The molecule has 0 aliphatic heterocycles. The monoisotopic (exact) mass is 365 g/mol. The first kappa shape index (κ1) is 16.7. The van der Waals surface area contributed by atoms with Crippen molar-refractivity contribution in [2.75, 3.05) is 0 Å². The zero-order valence-electron chi connectivity index (χ0n) is 12.7. The molecule has 0 bridgehead atoms. The third-order valence-electron chi connectivity index (χ3n) is 5.33. The predicted molar refractivity (Wildman–Crippen MR) is 90.1 cm³/mol. The van der Waals surface area contributed by atoms with Gasteiger partial charge in [-0.15, -0.1) is 0 Å². The van der Waals surface area contributed by atoms with Gasteiger partial charge in [0, 0.05) is 9.97 Å². The smallest absolute Gasteiger partial charge is 0.0287 e. The van der Waals surface area contributed by atoms with E-state index in [2.05, 4.69) is 50.3 Å². The van der Waals surface area contributed by atoms with Crippen molar-refractivity contribution in [2.24, 2.45) is 29.4 Å². The summed E-state index contributed by atoms with van der Waals surface area (Å²) in [6.45, 7) is 9.44. The summed E-state index contributed by atoms with van der Waals surface area (Å²) >= 11 is 2.59. The van der Waals surface area contributed by atoms with Gasteiger partial charge in [-0.25, -0.2) is 0 Å². The summed E-state index contributed by atoms with van der Waals surface area (Å²) < 4.78 is 0.641. The minimum absolute atomic E-state index is 0.392. The highest BCUT2D eigenvalue weighted by atomic mass is 127. The number of rotatable bonds is 6. The lowest BCUT2D eigenvalue weighted by Crippen LogP contribution is -2.39. The van der Waals surface area contributed by atoms with Crippen molar-refractivity contribution in [3.63, 3.8) is 0 Å². The molecule has 1 aliphatic carbocycles. The van der Waals surface area contributed by atoms with Crippen LogP contribution in [0.3, 0.4) is 0 Å². The van der Waals surface area contributed by atoms with Crippen molar-refractivity contribution >= 4 is 22.6 Å². The van der Waals surface area contributed by atoms with Gasteiger partial charge >= 0.3 is 0 Å². The van der Waals surface area contributed by atoms with E-state index in [-0.39, 0.29) is 0 Å². The number of hydrogen-bond acceptors (Lipinski definition) is 1. The molecule has 2 N–H and O–H groups in total. The molecule has 1 saturated carbocycles. The molecule has 108 valence electrons. The fourth-order valence-corrected chi connectivity index (χ4v) is 4.39. The first-order chi connectivity index (χ1) is 8.51. The summed E-state index contributed by atoms with van der Waals surface area (Å²) in [7, 11) is 0. The average Bonchev–Trinajstić information content (AvgIpc) is 2.39. The Morgan fingerprint density at radius 2 is 1.83 bits per heavy atom. The maximum Gasteiger partial charge on any atom is 0.0287 e. The summed E-state index contributed by atoms with van der Waals surface area (Å²) in [5, 5.41) is 0. The summed E-state index contributed by atoms with van der Waals surface area (Å²) in [6.07, 6.45) is 8.13. The van der Waals surface area contributed by atoms with Crippen LogP contribution in [0.25, 0.3) is 0 Å². The van der Waals surface area contributed by atoms with E-state index in [1.54, 1.807) is 0 Å². The first-order valence-corrected chi connectivity index (χ1v) is 9.15. The normalized spacial score (nSPS) is 34.0. The Labute approximate surface area is 128 Å². The van der Waals surface area contributed by atoms with Gasteiger partial charge in [0.1, 0.15) is 0 Å². The molecule has 0 amide bonds. The van der Waals surface area contributed by atoms with Crippen LogP contribution in [0.2, 0.25) is 0 Å². The third-order valence-corrected chi connectivity index (χ3v) is 7.48. The van der Waals surface area contributed by atoms with Gasteiger partial charge in [-0.1, -0.05) is 82.4 Å². The van der Waals surface area contributed by atoms with Crippen molar-refractivity contribution in [2.45, 2.75) is 76.2 Å². The third kappa shape index (κ3) is 4.36. The molecule has 0 spiro atoms. The zero-order valence-corrected chi connectivity index (χ0v) is 14.8. The van der Waals surface area contributed by atoms with Crippen LogP contribution in [0.4, 0.5) is 0 Å². The van der Waals surface area contributed by atoms with E-state index in [9.17, 15) is 0 Å². The Bertz CT molecular complexity index is 231. The molecule has 0 saturated heterocycles. The molecule has 0 heterocycles. The van der Waals surface area contributed by atoms with Crippen LogP contribution in [0, 0.1) is 23.7 Å². The van der Waals surface area contributed by atoms with Crippen molar-refractivity contribution < 1.29 is 0 Å². The fraction of sp³-hybridized carbons (Fsp3) is 1.00. The highest BCUT2D eigenvalue weighted by Crippen LogP contribution is 2.39. The zero-order chi connectivity index (χ0) is 13.7. The van der Waals surface area contributed by atoms with Crippen LogP contribution in [0.15, 0.2) is 0 Å². The van der Waals surface area contributed by atoms with E-state index in [4.69, 9.17) is 5.73 Å². The highest BCUT2D eigenvalue weighted by molar-refractivity contribution is 14.1. The van der Waals surface area contributed by atoms with Crippen molar-refractivity contribution in [1.29, 1.82) is 0 Å². The molecular weight excluding hydrogens is 333 g/mol. The van der Waals surface area contributed by atoms with Crippen molar-refractivity contribution in [3.05, 3.63) is 0 Å². The molecule has 0 aromatic carbocycles. The standard InChI is InChI=1S/C16H32IN/c1-5-11(3)16(17)15(18)10-14-9-7-8-13(6-2)12(14)4/h11-16H,5-10,18H2,1-4H3/t11?,12?,13?,14?,15-,16?/m1/s1.